The summed E-state index contributed by atoms with van der Waals surface area (Å²) < 4.78 is 6.76. The topological polar surface area (TPSA) is 81.9 Å². The van der Waals surface area contributed by atoms with Crippen LogP contribution >= 0.6 is 23.4 Å². The van der Waals surface area contributed by atoms with Crippen LogP contribution in [0.5, 0.6) is 5.75 Å². The van der Waals surface area contributed by atoms with Gasteiger partial charge in [-0.3, -0.25) is 4.79 Å². The van der Waals surface area contributed by atoms with E-state index in [-0.39, 0.29) is 11.7 Å². The molecule has 25 heavy (non-hydrogen) atoms. The van der Waals surface area contributed by atoms with E-state index in [1.54, 1.807) is 36.1 Å². The lowest BCUT2D eigenvalue weighted by Gasteiger charge is -2.07. The Hall–Kier alpha value is -2.58. The quantitative estimate of drug-likeness (QED) is 0.667. The minimum absolute atomic E-state index is 0.164. The van der Waals surface area contributed by atoms with Crippen molar-refractivity contribution < 1.29 is 9.53 Å². The summed E-state index contributed by atoms with van der Waals surface area (Å²) in [7, 11) is 1.59. The van der Waals surface area contributed by atoms with Gasteiger partial charge in [0, 0.05) is 16.8 Å². The Balaban J connectivity index is 1.66. The van der Waals surface area contributed by atoms with E-state index in [1.807, 2.05) is 24.3 Å². The molecule has 0 aliphatic carbocycles. The summed E-state index contributed by atoms with van der Waals surface area (Å²) in [5, 5.41) is 15.5. The van der Waals surface area contributed by atoms with Crippen molar-refractivity contribution in [3.8, 4) is 11.4 Å². The molecule has 1 amide bonds. The van der Waals surface area contributed by atoms with Crippen molar-refractivity contribution in [3.05, 3.63) is 53.6 Å². The molecule has 0 bridgehead atoms. The third-order valence-corrected chi connectivity index (χ3v) is 4.33. The van der Waals surface area contributed by atoms with E-state index in [2.05, 4.69) is 20.8 Å². The summed E-state index contributed by atoms with van der Waals surface area (Å²) >= 11 is 7.14. The van der Waals surface area contributed by atoms with Gasteiger partial charge in [-0.2, -0.15) is 4.68 Å². The van der Waals surface area contributed by atoms with Crippen LogP contribution in [0, 0.1) is 0 Å². The highest BCUT2D eigenvalue weighted by Gasteiger charge is 2.12. The zero-order valence-electron chi connectivity index (χ0n) is 13.2. The maximum Gasteiger partial charge on any atom is 0.234 e. The minimum atomic E-state index is -0.174. The van der Waals surface area contributed by atoms with Crippen molar-refractivity contribution in [2.75, 3.05) is 18.2 Å². The van der Waals surface area contributed by atoms with Crippen LogP contribution in [0.2, 0.25) is 5.02 Å². The smallest absolute Gasteiger partial charge is 0.234 e. The molecule has 1 N–H and O–H groups in total. The second-order valence-electron chi connectivity index (χ2n) is 4.92. The second-order valence-corrected chi connectivity index (χ2v) is 6.30. The number of carbonyl (C=O) groups is 1. The number of hydrogen-bond donors (Lipinski definition) is 1. The number of tetrazole rings is 1. The highest BCUT2D eigenvalue weighted by molar-refractivity contribution is 7.99. The zero-order chi connectivity index (χ0) is 17.6. The SMILES string of the molecule is COc1cccc(-n2nnnc2SCC(=O)Nc2cccc(Cl)c2)c1. The number of methoxy groups -OCH3 is 1. The van der Waals surface area contributed by atoms with Crippen LogP contribution < -0.4 is 10.1 Å². The van der Waals surface area contributed by atoms with Gasteiger partial charge in [0.05, 0.1) is 18.6 Å². The fraction of sp³-hybridized carbons (Fsp3) is 0.125. The fourth-order valence-corrected chi connectivity index (χ4v) is 2.95. The van der Waals surface area contributed by atoms with Gasteiger partial charge >= 0.3 is 0 Å². The minimum Gasteiger partial charge on any atom is -0.497 e. The van der Waals surface area contributed by atoms with Gasteiger partial charge in [-0.15, -0.1) is 5.10 Å². The molecule has 0 atom stereocenters. The number of aromatic nitrogens is 4. The highest BCUT2D eigenvalue weighted by atomic mass is 35.5. The van der Waals surface area contributed by atoms with E-state index < -0.39 is 0 Å². The third kappa shape index (κ3) is 4.49. The molecule has 0 spiro atoms. The predicted octanol–water partition coefficient (Wildman–Crippen LogP) is 3.06. The van der Waals surface area contributed by atoms with Crippen LogP contribution in [0.3, 0.4) is 0 Å². The van der Waals surface area contributed by atoms with Gasteiger partial charge < -0.3 is 10.1 Å². The Morgan fingerprint density at radius 3 is 2.92 bits per heavy atom. The van der Waals surface area contributed by atoms with E-state index in [0.29, 0.717) is 21.6 Å². The van der Waals surface area contributed by atoms with Crippen LogP contribution in [0.4, 0.5) is 5.69 Å². The Morgan fingerprint density at radius 2 is 2.12 bits per heavy atom. The first-order chi connectivity index (χ1) is 12.2. The molecule has 7 nitrogen and oxygen atoms in total. The highest BCUT2D eigenvalue weighted by Crippen LogP contribution is 2.22. The lowest BCUT2D eigenvalue weighted by Crippen LogP contribution is -2.14. The summed E-state index contributed by atoms with van der Waals surface area (Å²) in [5.41, 5.74) is 1.40. The number of amides is 1. The third-order valence-electron chi connectivity index (χ3n) is 3.18. The first-order valence-electron chi connectivity index (χ1n) is 7.27. The Kier molecular flexibility index (Phi) is 5.52. The number of rotatable bonds is 6. The van der Waals surface area contributed by atoms with Gasteiger partial charge in [0.1, 0.15) is 5.75 Å². The molecule has 0 radical (unpaired) electrons. The van der Waals surface area contributed by atoms with Crippen LogP contribution in [0.25, 0.3) is 5.69 Å². The van der Waals surface area contributed by atoms with Gasteiger partial charge in [-0.25, -0.2) is 0 Å². The van der Waals surface area contributed by atoms with Gasteiger partial charge in [0.15, 0.2) is 0 Å². The van der Waals surface area contributed by atoms with Crippen molar-refractivity contribution in [2.45, 2.75) is 5.16 Å². The molecule has 0 saturated carbocycles. The summed E-state index contributed by atoms with van der Waals surface area (Å²) in [6, 6.07) is 14.3. The molecule has 0 aliphatic heterocycles. The molecule has 1 heterocycles. The maximum absolute atomic E-state index is 12.1. The number of benzene rings is 2. The Labute approximate surface area is 153 Å². The molecule has 0 saturated heterocycles. The molecule has 3 rings (SSSR count). The van der Waals surface area contributed by atoms with Gasteiger partial charge in [-0.1, -0.05) is 35.5 Å². The number of carbonyl (C=O) groups excluding carboxylic acids is 1. The lowest BCUT2D eigenvalue weighted by molar-refractivity contribution is -0.113. The standard InChI is InChI=1S/C16H14ClN5O2S/c1-24-14-7-3-6-13(9-14)22-16(19-20-21-22)25-10-15(23)18-12-5-2-4-11(17)8-12/h2-9H,10H2,1H3,(H,18,23). The van der Waals surface area contributed by atoms with Crippen molar-refractivity contribution in [1.82, 2.24) is 20.2 Å². The maximum atomic E-state index is 12.1. The number of ether oxygens (including phenoxy) is 1. The monoisotopic (exact) mass is 375 g/mol. The summed E-state index contributed by atoms with van der Waals surface area (Å²) in [6.45, 7) is 0. The van der Waals surface area contributed by atoms with Crippen molar-refractivity contribution in [1.29, 1.82) is 0 Å². The van der Waals surface area contributed by atoms with Crippen molar-refractivity contribution in [2.24, 2.45) is 0 Å². The number of nitrogens with one attached hydrogen (secondary N) is 1. The molecule has 0 fully saturated rings. The summed E-state index contributed by atoms with van der Waals surface area (Å²) in [5.74, 6) is 0.687. The predicted molar refractivity (Wildman–Crippen MR) is 96.5 cm³/mol. The van der Waals surface area contributed by atoms with Crippen LogP contribution in [0.15, 0.2) is 53.7 Å². The zero-order valence-corrected chi connectivity index (χ0v) is 14.8. The molecule has 3 aromatic rings. The van der Waals surface area contributed by atoms with Crippen molar-refractivity contribution in [3.63, 3.8) is 0 Å². The Morgan fingerprint density at radius 1 is 1.28 bits per heavy atom. The Bertz CT molecular complexity index is 886. The lowest BCUT2D eigenvalue weighted by atomic mass is 10.3. The molecule has 0 unspecified atom stereocenters. The second kappa shape index (κ2) is 8.00. The molecular weight excluding hydrogens is 362 g/mol. The molecule has 9 heteroatoms. The molecular formula is C16H14ClN5O2S. The van der Waals surface area contributed by atoms with E-state index >= 15 is 0 Å². The number of halogens is 1. The molecule has 128 valence electrons. The number of thioether (sulfide) groups is 1. The normalized spacial score (nSPS) is 10.5. The largest absolute Gasteiger partial charge is 0.497 e. The number of nitrogens with zero attached hydrogens (tertiary/aromatic N) is 4. The van der Waals surface area contributed by atoms with Gasteiger partial charge in [0.2, 0.25) is 11.1 Å². The summed E-state index contributed by atoms with van der Waals surface area (Å²) in [4.78, 5) is 12.1. The first-order valence-corrected chi connectivity index (χ1v) is 8.63. The van der Waals surface area contributed by atoms with E-state index in [4.69, 9.17) is 16.3 Å². The fourth-order valence-electron chi connectivity index (χ4n) is 2.07. The van der Waals surface area contributed by atoms with E-state index in [1.165, 1.54) is 11.8 Å². The van der Waals surface area contributed by atoms with Gasteiger partial charge in [-0.05, 0) is 40.8 Å². The molecule has 2 aromatic carbocycles. The average Bonchev–Trinajstić information content (AvgIpc) is 3.08. The van der Waals surface area contributed by atoms with E-state index in [0.717, 1.165) is 5.69 Å². The average molecular weight is 376 g/mol. The molecule has 0 aliphatic rings. The van der Waals surface area contributed by atoms with Crippen LogP contribution in [-0.4, -0.2) is 39.0 Å². The van der Waals surface area contributed by atoms with Crippen LogP contribution in [-0.2, 0) is 4.79 Å². The first kappa shape index (κ1) is 17.2. The molecule has 1 aromatic heterocycles. The number of hydrogen-bond acceptors (Lipinski definition) is 6. The summed E-state index contributed by atoms with van der Waals surface area (Å²) in [6.07, 6.45) is 0. The van der Waals surface area contributed by atoms with Crippen molar-refractivity contribution >= 4 is 35.0 Å². The number of anilines is 1. The van der Waals surface area contributed by atoms with Crippen LogP contribution in [0.1, 0.15) is 0 Å². The van der Waals surface area contributed by atoms with E-state index in [9.17, 15) is 4.79 Å². The van der Waals surface area contributed by atoms with Gasteiger partial charge in [0.25, 0.3) is 0 Å².